The first-order valence-electron chi connectivity index (χ1n) is 8.35. The van der Waals surface area contributed by atoms with E-state index in [4.69, 9.17) is 5.73 Å². The van der Waals surface area contributed by atoms with Gasteiger partial charge in [0, 0.05) is 28.4 Å². The van der Waals surface area contributed by atoms with E-state index in [1.165, 1.54) is 11.8 Å². The van der Waals surface area contributed by atoms with Gasteiger partial charge in [-0.1, -0.05) is 6.07 Å². The Labute approximate surface area is 150 Å². The number of benzene rings is 2. The van der Waals surface area contributed by atoms with E-state index >= 15 is 0 Å². The van der Waals surface area contributed by atoms with Gasteiger partial charge in [0.05, 0.1) is 10.9 Å². The maximum Gasteiger partial charge on any atom is 0.258 e. The number of nitrogens with two attached hydrogens (primary N) is 1. The molecule has 2 aromatic rings. The molecule has 4 rings (SSSR count). The van der Waals surface area contributed by atoms with Crippen LogP contribution in [0, 0.1) is 0 Å². The van der Waals surface area contributed by atoms with Crippen LogP contribution < -0.4 is 16.0 Å². The highest BCUT2D eigenvalue weighted by Crippen LogP contribution is 2.37. The summed E-state index contributed by atoms with van der Waals surface area (Å²) < 4.78 is 0. The number of nitrogens with zero attached hydrogens (tertiary/aromatic N) is 1. The van der Waals surface area contributed by atoms with Crippen molar-refractivity contribution < 1.29 is 9.59 Å². The molecule has 128 valence electrons. The number of carbonyl (C=O) groups is 2. The molecule has 2 aromatic carbocycles. The molecule has 0 saturated carbocycles. The third-order valence-electron chi connectivity index (χ3n) is 4.69. The van der Waals surface area contributed by atoms with Crippen LogP contribution in [-0.4, -0.2) is 23.6 Å². The number of amides is 2. The van der Waals surface area contributed by atoms with E-state index in [1.807, 2.05) is 37.3 Å². The monoisotopic (exact) mass is 353 g/mol. The number of rotatable bonds is 1. The molecule has 2 aliphatic rings. The summed E-state index contributed by atoms with van der Waals surface area (Å²) in [4.78, 5) is 27.8. The molecule has 25 heavy (non-hydrogen) atoms. The molecule has 1 atom stereocenters. The van der Waals surface area contributed by atoms with Gasteiger partial charge in [-0.2, -0.15) is 0 Å². The molecule has 2 heterocycles. The Balaban J connectivity index is 1.68. The summed E-state index contributed by atoms with van der Waals surface area (Å²) in [6.07, 6.45) is 1.78. The van der Waals surface area contributed by atoms with Crippen molar-refractivity contribution in [2.24, 2.45) is 0 Å². The number of hydrogen-bond donors (Lipinski definition) is 2. The smallest absolute Gasteiger partial charge is 0.258 e. The van der Waals surface area contributed by atoms with E-state index < -0.39 is 0 Å². The van der Waals surface area contributed by atoms with Crippen LogP contribution in [0.15, 0.2) is 41.3 Å². The summed E-state index contributed by atoms with van der Waals surface area (Å²) in [5.74, 6) is -0.0922. The van der Waals surface area contributed by atoms with E-state index in [9.17, 15) is 9.59 Å². The maximum absolute atomic E-state index is 13.1. The Hall–Kier alpha value is -2.47. The predicted octanol–water partition coefficient (Wildman–Crippen LogP) is 3.29. The molecule has 5 nitrogen and oxygen atoms in total. The molecule has 2 amide bonds. The van der Waals surface area contributed by atoms with Crippen molar-refractivity contribution in [3.05, 3.63) is 47.5 Å². The van der Waals surface area contributed by atoms with Gasteiger partial charge in [0.15, 0.2) is 0 Å². The number of anilines is 3. The predicted molar refractivity (Wildman–Crippen MR) is 101 cm³/mol. The zero-order chi connectivity index (χ0) is 17.6. The topological polar surface area (TPSA) is 75.4 Å². The molecule has 1 unspecified atom stereocenters. The second-order valence-corrected chi connectivity index (χ2v) is 7.75. The van der Waals surface area contributed by atoms with Gasteiger partial charge < -0.3 is 16.0 Å². The molecule has 0 fully saturated rings. The summed E-state index contributed by atoms with van der Waals surface area (Å²) >= 11 is 1.51. The first-order chi connectivity index (χ1) is 12.0. The Morgan fingerprint density at radius 1 is 1.32 bits per heavy atom. The Bertz CT molecular complexity index is 881. The Morgan fingerprint density at radius 2 is 2.16 bits per heavy atom. The zero-order valence-electron chi connectivity index (χ0n) is 13.9. The average Bonchev–Trinajstić information content (AvgIpc) is 2.62. The lowest BCUT2D eigenvalue weighted by molar-refractivity contribution is -0.115. The summed E-state index contributed by atoms with van der Waals surface area (Å²) in [5, 5.41) is 2.77. The van der Waals surface area contributed by atoms with E-state index in [0.29, 0.717) is 17.8 Å². The van der Waals surface area contributed by atoms with Crippen LogP contribution in [-0.2, 0) is 11.2 Å². The second kappa shape index (κ2) is 6.11. The molecular weight excluding hydrogens is 334 g/mol. The summed E-state index contributed by atoms with van der Waals surface area (Å²) in [5.41, 5.74) is 10.0. The van der Waals surface area contributed by atoms with Crippen LogP contribution in [0.2, 0.25) is 0 Å². The fraction of sp³-hybridized carbons (Fsp3) is 0.263. The van der Waals surface area contributed by atoms with Crippen LogP contribution in [0.3, 0.4) is 0 Å². The first-order valence-corrected chi connectivity index (χ1v) is 9.23. The molecule has 0 spiro atoms. The highest BCUT2D eigenvalue weighted by molar-refractivity contribution is 8.00. The van der Waals surface area contributed by atoms with Crippen molar-refractivity contribution in [3.8, 4) is 0 Å². The zero-order valence-corrected chi connectivity index (χ0v) is 14.7. The fourth-order valence-corrected chi connectivity index (χ4v) is 4.29. The molecule has 0 radical (unpaired) electrons. The van der Waals surface area contributed by atoms with Gasteiger partial charge in [0.1, 0.15) is 0 Å². The molecule has 0 aliphatic carbocycles. The van der Waals surface area contributed by atoms with E-state index in [2.05, 4.69) is 5.32 Å². The number of fused-ring (bicyclic) bond motifs is 2. The number of nitrogen functional groups attached to an aromatic ring is 1. The lowest BCUT2D eigenvalue weighted by atomic mass is 9.99. The first kappa shape index (κ1) is 16.0. The molecule has 0 bridgehead atoms. The standard InChI is InChI=1S/C19H19N3O2S/c1-11-18(23)21-15-10-12(7-8-17(15)25-11)19(24)22-9-3-4-13-14(20)5-2-6-16(13)22/h2,5-8,10-11H,3-4,9,20H2,1H3,(H,21,23). The third kappa shape index (κ3) is 2.76. The van der Waals surface area contributed by atoms with Crippen molar-refractivity contribution in [2.45, 2.75) is 29.9 Å². The molecular formula is C19H19N3O2S. The highest BCUT2D eigenvalue weighted by atomic mass is 32.2. The SMILES string of the molecule is CC1Sc2ccc(C(=O)N3CCCc4c(N)cccc43)cc2NC1=O. The van der Waals surface area contributed by atoms with Gasteiger partial charge in [-0.15, -0.1) is 11.8 Å². The van der Waals surface area contributed by atoms with Crippen molar-refractivity contribution in [2.75, 3.05) is 22.5 Å². The lowest BCUT2D eigenvalue weighted by Gasteiger charge is -2.30. The maximum atomic E-state index is 13.1. The Morgan fingerprint density at radius 3 is 3.00 bits per heavy atom. The summed E-state index contributed by atoms with van der Waals surface area (Å²) in [6, 6.07) is 11.2. The van der Waals surface area contributed by atoms with Gasteiger partial charge in [0.25, 0.3) is 5.91 Å². The minimum absolute atomic E-state index is 0.0295. The van der Waals surface area contributed by atoms with Crippen molar-refractivity contribution in [3.63, 3.8) is 0 Å². The van der Waals surface area contributed by atoms with Crippen LogP contribution in [0.5, 0.6) is 0 Å². The number of thioether (sulfide) groups is 1. The van der Waals surface area contributed by atoms with Crippen LogP contribution >= 0.6 is 11.8 Å². The van der Waals surface area contributed by atoms with Crippen LogP contribution in [0.25, 0.3) is 0 Å². The third-order valence-corrected chi connectivity index (χ3v) is 5.87. The van der Waals surface area contributed by atoms with Crippen molar-refractivity contribution in [1.82, 2.24) is 0 Å². The quantitative estimate of drug-likeness (QED) is 0.772. The largest absolute Gasteiger partial charge is 0.398 e. The number of hydrogen-bond acceptors (Lipinski definition) is 4. The van der Waals surface area contributed by atoms with Crippen molar-refractivity contribution >= 4 is 40.6 Å². The van der Waals surface area contributed by atoms with E-state index in [-0.39, 0.29) is 17.1 Å². The molecule has 3 N–H and O–H groups in total. The van der Waals surface area contributed by atoms with E-state index in [1.54, 1.807) is 11.0 Å². The van der Waals surface area contributed by atoms with Gasteiger partial charge in [-0.3, -0.25) is 9.59 Å². The summed E-state index contributed by atoms with van der Waals surface area (Å²) in [6.45, 7) is 2.54. The molecule has 0 saturated heterocycles. The minimum atomic E-state index is -0.119. The van der Waals surface area contributed by atoms with Gasteiger partial charge in [-0.25, -0.2) is 0 Å². The van der Waals surface area contributed by atoms with Gasteiger partial charge in [0.2, 0.25) is 5.91 Å². The van der Waals surface area contributed by atoms with Crippen LogP contribution in [0.4, 0.5) is 17.1 Å². The van der Waals surface area contributed by atoms with E-state index in [0.717, 1.165) is 34.7 Å². The highest BCUT2D eigenvalue weighted by Gasteiger charge is 2.27. The molecule has 6 heteroatoms. The normalized spacial score (nSPS) is 19.0. The second-order valence-electron chi connectivity index (χ2n) is 6.37. The fourth-order valence-electron chi connectivity index (χ4n) is 3.36. The minimum Gasteiger partial charge on any atom is -0.398 e. The summed E-state index contributed by atoms with van der Waals surface area (Å²) in [7, 11) is 0. The van der Waals surface area contributed by atoms with Gasteiger partial charge in [-0.05, 0) is 55.7 Å². The molecule has 0 aromatic heterocycles. The number of carbonyl (C=O) groups excluding carboxylic acids is 2. The number of nitrogens with one attached hydrogen (secondary N) is 1. The molecule has 2 aliphatic heterocycles. The van der Waals surface area contributed by atoms with Gasteiger partial charge >= 0.3 is 0 Å². The average molecular weight is 353 g/mol. The van der Waals surface area contributed by atoms with Crippen LogP contribution in [0.1, 0.15) is 29.3 Å². The lowest BCUT2D eigenvalue weighted by Crippen LogP contribution is -2.36. The van der Waals surface area contributed by atoms with Crippen molar-refractivity contribution in [1.29, 1.82) is 0 Å². The Kier molecular flexibility index (Phi) is 3.92.